The monoisotopic (exact) mass is 298 g/mol. The fourth-order valence-electron chi connectivity index (χ4n) is 1.53. The average Bonchev–Trinajstić information content (AvgIpc) is 2.29. The molecule has 0 saturated heterocycles. The van der Waals surface area contributed by atoms with Crippen molar-refractivity contribution in [3.63, 3.8) is 0 Å². The third-order valence-electron chi connectivity index (χ3n) is 2.44. The predicted molar refractivity (Wildman–Crippen MR) is 73.9 cm³/mol. The van der Waals surface area contributed by atoms with Crippen molar-refractivity contribution < 1.29 is 4.79 Å². The third kappa shape index (κ3) is 5.33. The smallest absolute Gasteiger partial charge is 0.234 e. The molecule has 3 nitrogen and oxygen atoms in total. The van der Waals surface area contributed by atoms with Crippen molar-refractivity contribution in [1.82, 2.24) is 10.6 Å². The van der Waals surface area contributed by atoms with Crippen LogP contribution < -0.4 is 10.6 Å². The number of benzene rings is 1. The Bertz CT molecular complexity index is 368. The maximum absolute atomic E-state index is 11.6. The highest BCUT2D eigenvalue weighted by Crippen LogP contribution is 2.17. The quantitative estimate of drug-likeness (QED) is 0.793. The van der Waals surface area contributed by atoms with E-state index in [1.54, 1.807) is 0 Å². The Hall–Kier alpha value is -0.870. The first-order chi connectivity index (χ1) is 8.13. The summed E-state index contributed by atoms with van der Waals surface area (Å²) in [5.74, 6) is 0.0333. The van der Waals surface area contributed by atoms with E-state index in [1.165, 1.54) is 0 Å². The fourth-order valence-corrected chi connectivity index (χ4v) is 1.95. The summed E-state index contributed by atoms with van der Waals surface area (Å²) in [6.07, 6.45) is 1.04. The summed E-state index contributed by atoms with van der Waals surface area (Å²) < 4.78 is 1.03. The van der Waals surface area contributed by atoms with Gasteiger partial charge in [-0.2, -0.15) is 0 Å². The van der Waals surface area contributed by atoms with Crippen LogP contribution in [0.25, 0.3) is 0 Å². The van der Waals surface area contributed by atoms with Gasteiger partial charge in [-0.15, -0.1) is 0 Å². The minimum atomic E-state index is 0.0310. The van der Waals surface area contributed by atoms with Gasteiger partial charge in [-0.25, -0.2) is 0 Å². The van der Waals surface area contributed by atoms with Crippen molar-refractivity contribution in [2.45, 2.75) is 26.3 Å². The average molecular weight is 299 g/mol. The Morgan fingerprint density at radius 2 is 2.24 bits per heavy atom. The van der Waals surface area contributed by atoms with Crippen LogP contribution in [0.4, 0.5) is 0 Å². The molecule has 0 fully saturated rings. The molecule has 0 aliphatic heterocycles. The second kappa shape index (κ2) is 7.45. The highest BCUT2D eigenvalue weighted by atomic mass is 79.9. The molecule has 17 heavy (non-hydrogen) atoms. The maximum atomic E-state index is 11.6. The Balaban J connectivity index is 2.43. The normalized spacial score (nSPS) is 12.2. The molecule has 0 saturated carbocycles. The molecule has 0 aromatic heterocycles. The van der Waals surface area contributed by atoms with Crippen molar-refractivity contribution >= 4 is 21.8 Å². The molecular formula is C13H19BrN2O. The number of amides is 1. The van der Waals surface area contributed by atoms with E-state index < -0.39 is 0 Å². The van der Waals surface area contributed by atoms with E-state index in [9.17, 15) is 4.79 Å². The van der Waals surface area contributed by atoms with Gasteiger partial charge >= 0.3 is 0 Å². The summed E-state index contributed by atoms with van der Waals surface area (Å²) in [6, 6.07) is 8.00. The zero-order valence-electron chi connectivity index (χ0n) is 10.3. The van der Waals surface area contributed by atoms with Gasteiger partial charge in [0.05, 0.1) is 12.6 Å². The molecular weight excluding hydrogens is 280 g/mol. The van der Waals surface area contributed by atoms with Crippen LogP contribution in [0.2, 0.25) is 0 Å². The second-order valence-corrected chi connectivity index (χ2v) is 4.94. The van der Waals surface area contributed by atoms with Crippen molar-refractivity contribution in [2.24, 2.45) is 0 Å². The Kier molecular flexibility index (Phi) is 6.22. The molecule has 1 amide bonds. The summed E-state index contributed by atoms with van der Waals surface area (Å²) in [4.78, 5) is 11.6. The zero-order chi connectivity index (χ0) is 12.7. The van der Waals surface area contributed by atoms with Crippen LogP contribution in [-0.4, -0.2) is 19.0 Å². The fraction of sp³-hybridized carbons (Fsp3) is 0.462. The van der Waals surface area contributed by atoms with E-state index in [0.29, 0.717) is 6.54 Å². The maximum Gasteiger partial charge on any atom is 0.234 e. The largest absolute Gasteiger partial charge is 0.348 e. The number of rotatable bonds is 6. The minimum absolute atomic E-state index is 0.0310. The van der Waals surface area contributed by atoms with E-state index in [-0.39, 0.29) is 11.9 Å². The number of halogens is 1. The molecule has 0 bridgehead atoms. The van der Waals surface area contributed by atoms with E-state index >= 15 is 0 Å². The second-order valence-electron chi connectivity index (χ2n) is 4.02. The van der Waals surface area contributed by atoms with Gasteiger partial charge in [-0.05, 0) is 37.6 Å². The first-order valence-corrected chi connectivity index (χ1v) is 6.68. The van der Waals surface area contributed by atoms with Gasteiger partial charge in [-0.1, -0.05) is 35.0 Å². The van der Waals surface area contributed by atoms with Crippen molar-refractivity contribution in [1.29, 1.82) is 0 Å². The number of carbonyl (C=O) groups excluding carboxylic acids is 1. The summed E-state index contributed by atoms with van der Waals surface area (Å²) >= 11 is 3.42. The van der Waals surface area contributed by atoms with Gasteiger partial charge in [0.2, 0.25) is 5.91 Å². The molecule has 1 aromatic carbocycles. The molecule has 0 radical (unpaired) electrons. The van der Waals surface area contributed by atoms with Crippen molar-refractivity contribution in [3.05, 3.63) is 34.3 Å². The number of nitrogens with one attached hydrogen (secondary N) is 2. The molecule has 0 aliphatic carbocycles. The van der Waals surface area contributed by atoms with E-state index in [4.69, 9.17) is 0 Å². The van der Waals surface area contributed by atoms with Crippen LogP contribution in [0.3, 0.4) is 0 Å². The minimum Gasteiger partial charge on any atom is -0.348 e. The molecule has 1 atom stereocenters. The third-order valence-corrected chi connectivity index (χ3v) is 2.93. The van der Waals surface area contributed by atoms with E-state index in [1.807, 2.05) is 31.2 Å². The summed E-state index contributed by atoms with van der Waals surface area (Å²) in [6.45, 7) is 5.32. The molecule has 0 aliphatic rings. The molecule has 2 N–H and O–H groups in total. The number of hydrogen-bond acceptors (Lipinski definition) is 2. The lowest BCUT2D eigenvalue weighted by Crippen LogP contribution is -2.35. The van der Waals surface area contributed by atoms with Crippen LogP contribution in [0.1, 0.15) is 31.9 Å². The molecule has 4 heteroatoms. The zero-order valence-corrected chi connectivity index (χ0v) is 11.9. The first-order valence-electron chi connectivity index (χ1n) is 5.89. The summed E-state index contributed by atoms with van der Waals surface area (Å²) in [5.41, 5.74) is 1.10. The molecule has 0 heterocycles. The van der Waals surface area contributed by atoms with Crippen molar-refractivity contribution in [2.75, 3.05) is 13.1 Å². The lowest BCUT2D eigenvalue weighted by atomic mass is 10.1. The summed E-state index contributed by atoms with van der Waals surface area (Å²) in [5, 5.41) is 6.04. The van der Waals surface area contributed by atoms with Crippen molar-refractivity contribution in [3.8, 4) is 0 Å². The van der Waals surface area contributed by atoms with Gasteiger partial charge in [0.1, 0.15) is 0 Å². The summed E-state index contributed by atoms with van der Waals surface area (Å²) in [7, 11) is 0. The SMILES string of the molecule is CCCNCC(=O)N[C@@H](C)c1cccc(Br)c1. The highest BCUT2D eigenvalue weighted by Gasteiger charge is 2.08. The van der Waals surface area contributed by atoms with Crippen LogP contribution >= 0.6 is 15.9 Å². The highest BCUT2D eigenvalue weighted by molar-refractivity contribution is 9.10. The first kappa shape index (κ1) is 14.2. The van der Waals surface area contributed by atoms with Gasteiger partial charge in [0, 0.05) is 4.47 Å². The molecule has 0 unspecified atom stereocenters. The van der Waals surface area contributed by atoms with E-state index in [2.05, 4.69) is 33.5 Å². The van der Waals surface area contributed by atoms with Crippen LogP contribution in [0.15, 0.2) is 28.7 Å². The number of carbonyl (C=O) groups is 1. The predicted octanol–water partition coefficient (Wildman–Crippen LogP) is 2.63. The molecule has 94 valence electrons. The Morgan fingerprint density at radius 1 is 1.47 bits per heavy atom. The van der Waals surface area contributed by atoms with Gasteiger partial charge in [0.25, 0.3) is 0 Å². The van der Waals surface area contributed by atoms with Gasteiger partial charge in [0.15, 0.2) is 0 Å². The lowest BCUT2D eigenvalue weighted by molar-refractivity contribution is -0.120. The van der Waals surface area contributed by atoms with Gasteiger partial charge in [-0.3, -0.25) is 4.79 Å². The Labute approximate surface area is 111 Å². The van der Waals surface area contributed by atoms with Crippen LogP contribution in [0, 0.1) is 0 Å². The standard InChI is InChI=1S/C13H19BrN2O/c1-3-7-15-9-13(17)16-10(2)11-5-4-6-12(14)8-11/h4-6,8,10,15H,3,7,9H2,1-2H3,(H,16,17)/t10-/m0/s1. The number of hydrogen-bond donors (Lipinski definition) is 2. The lowest BCUT2D eigenvalue weighted by Gasteiger charge is -2.14. The molecule has 1 aromatic rings. The Morgan fingerprint density at radius 3 is 2.88 bits per heavy atom. The van der Waals surface area contributed by atoms with Gasteiger partial charge < -0.3 is 10.6 Å². The molecule has 0 spiro atoms. The topological polar surface area (TPSA) is 41.1 Å². The molecule has 1 rings (SSSR count). The van der Waals surface area contributed by atoms with Crippen LogP contribution in [-0.2, 0) is 4.79 Å². The van der Waals surface area contributed by atoms with E-state index in [0.717, 1.165) is 23.0 Å². The van der Waals surface area contributed by atoms with Crippen LogP contribution in [0.5, 0.6) is 0 Å².